The van der Waals surface area contributed by atoms with E-state index in [0.29, 0.717) is 39.4 Å². The van der Waals surface area contributed by atoms with Crippen LogP contribution in [-0.2, 0) is 109 Å². The SMILES string of the molecule is CC(C)[C@@H]1NC(=O)[C@H](Cc2c[nH]c3ccccc23)NC(=O)[C@@H]2CSCCC(=O)N3CC45CN(C[C@@]4(CN(C5)C(=O)CCSC[C@H](NC(=O)[C@H](C)NC(C)(C)C(=O)CN(C)C(C)(C)C(=O)CCN)C(=O)N[C@@H]([C@@H](C)O)C(=O)N[C@@H](CCC(=O)O)C(=O)N2)C3)C(=O)CCSC[C@@H](C(N)=O)NC(=O)[C@@H]2CCCN2C(=O)[C@H](C(C)C)NC(=O)[C@H](Cc2c[nH]c3ccccc23)NC(=O)CNC(=O)[C@H](CC(=O)O)NC1=O. The molecule has 2 aromatic carbocycles. The maximum Gasteiger partial charge on any atom is 0.305 e. The van der Waals surface area contributed by atoms with Crippen LogP contribution in [0.5, 0.6) is 0 Å². The predicted octanol–water partition coefficient (Wildman–Crippen LogP) is -3.24. The normalized spacial score (nSPS) is 26.5. The van der Waals surface area contributed by atoms with E-state index in [9.17, 15) is 96.8 Å². The molecule has 44 nitrogen and oxygen atoms in total. The van der Waals surface area contributed by atoms with E-state index in [4.69, 9.17) is 11.5 Å². The first-order valence-corrected chi connectivity index (χ1v) is 50.5. The van der Waals surface area contributed by atoms with E-state index in [-0.39, 0.29) is 156 Å². The summed E-state index contributed by atoms with van der Waals surface area (Å²) >= 11 is 3.15. The van der Waals surface area contributed by atoms with Crippen LogP contribution in [0.4, 0.5) is 0 Å². The van der Waals surface area contributed by atoms with Gasteiger partial charge in [0.25, 0.3) is 0 Å². The molecule has 12 rings (SSSR count). The van der Waals surface area contributed by atoms with Gasteiger partial charge in [-0.2, -0.15) is 35.3 Å². The van der Waals surface area contributed by atoms with Crippen molar-refractivity contribution >= 4 is 175 Å². The number of para-hydroxylation sites is 2. The van der Waals surface area contributed by atoms with Crippen LogP contribution >= 0.6 is 35.3 Å². The molecule has 766 valence electrons. The number of carbonyl (C=O) groups excluding carboxylic acids is 18. The summed E-state index contributed by atoms with van der Waals surface area (Å²) in [6.45, 7) is 14.4. The Morgan fingerprint density at radius 1 is 0.543 bits per heavy atom. The van der Waals surface area contributed by atoms with Gasteiger partial charge in [-0.15, -0.1) is 0 Å². The van der Waals surface area contributed by atoms with Gasteiger partial charge in [-0.25, -0.2) is 0 Å². The van der Waals surface area contributed by atoms with Gasteiger partial charge in [0.15, 0.2) is 11.6 Å². The van der Waals surface area contributed by atoms with Gasteiger partial charge in [0.05, 0.1) is 42.7 Å². The van der Waals surface area contributed by atoms with E-state index in [1.54, 1.807) is 115 Å². The van der Waals surface area contributed by atoms with Gasteiger partial charge in [0.1, 0.15) is 66.5 Å². The summed E-state index contributed by atoms with van der Waals surface area (Å²) in [5, 5.41) is 64.3. The molecule has 2 aromatic heterocycles. The standard InChI is InChI=1S/C93H133N21O23S3/c1-49(2)75-87(135)102-62(35-74(124)125)80(128)98-38-69(118)99-60(33-53-36-96-57-19-14-12-17-55(53)57)82(130)107-76(50(3)4)89(137)114-29-16-21-66(114)86(134)103-63(78(95)126)40-138-30-25-70(119)111-43-92-45-112-46-93(92,44-111)48-113(47-92)72(121)27-32-140-42-65(104-79(127)51(5)109-90(7,8)68(117)39-110(11)91(9,10)67(116)24-28-94)85(133)108-77(52(6)115)88(136)100-59(22-23-73(122)123)81(129)105-64(41-139-31-26-71(112)120)84(132)101-61(83(131)106-75)34-54-37-97-58-20-15-13-18-56(54)58/h12-15,17-20,36-37,49-52,59-66,75-77,96-97,109,115H,16,21-35,38-48,94H2,1-11H3,(H2,95,126)(H,98,128)(H,99,118)(H,100,136)(H,101,132)(H,102,135)(H,103,134)(H,104,127)(H,105,129)(H,106,131)(H,107,130)(H,108,133)(H,122,123)(H,124,125)/t51-,52+,59-,60-,61-,62-,63-,64-,65-,66-,75-,76-,77-,92-,93?/m0/s1. The minimum Gasteiger partial charge on any atom is -0.481 e. The number of fused-ring (bicyclic) bond motifs is 40. The number of hydrogen-bond acceptors (Lipinski definition) is 27. The second kappa shape index (κ2) is 48.6. The van der Waals surface area contributed by atoms with Crippen LogP contribution in [0.15, 0.2) is 60.9 Å². The van der Waals surface area contributed by atoms with Crippen LogP contribution in [-0.4, -0.2) is 365 Å². The van der Waals surface area contributed by atoms with E-state index in [1.165, 1.54) is 39.5 Å². The highest BCUT2D eigenvalue weighted by Crippen LogP contribution is 2.57. The minimum absolute atomic E-state index is 0.0129. The van der Waals surface area contributed by atoms with Gasteiger partial charge in [0, 0.05) is 170 Å². The zero-order valence-electron chi connectivity index (χ0n) is 80.6. The number of carboxylic acid groups (broad SMARTS) is 2. The third-order valence-electron chi connectivity index (χ3n) is 26.9. The summed E-state index contributed by atoms with van der Waals surface area (Å²) in [6.07, 6.45) is -1.83. The Morgan fingerprint density at radius 2 is 1.03 bits per heavy atom. The van der Waals surface area contributed by atoms with Crippen LogP contribution < -0.4 is 75.3 Å². The molecule has 4 aromatic rings. The number of aliphatic hydroxyl groups is 1. The smallest absolute Gasteiger partial charge is 0.305 e. The first-order valence-electron chi connectivity index (χ1n) is 47.0. The highest BCUT2D eigenvalue weighted by Gasteiger charge is 2.69. The maximum absolute atomic E-state index is 15.6. The number of nitrogens with two attached hydrogens (primary N) is 2. The quantitative estimate of drug-likeness (QED) is 0.0307. The van der Waals surface area contributed by atoms with Crippen molar-refractivity contribution in [3.05, 3.63) is 72.1 Å². The van der Waals surface area contributed by atoms with E-state index < -0.39 is 238 Å². The number of aromatic amines is 2. The van der Waals surface area contributed by atoms with Crippen molar-refractivity contribution < 1.29 is 111 Å². The number of aliphatic hydroxyl groups excluding tert-OH is 1. The van der Waals surface area contributed by atoms with Gasteiger partial charge < -0.3 is 115 Å². The van der Waals surface area contributed by atoms with E-state index in [0.717, 1.165) is 42.2 Å². The van der Waals surface area contributed by atoms with E-state index in [1.807, 2.05) is 0 Å². The number of primary amides is 1. The largest absolute Gasteiger partial charge is 0.481 e. The molecular weight excluding hydrogens is 1880 g/mol. The molecule has 1 unspecified atom stereocenters. The van der Waals surface area contributed by atoms with Gasteiger partial charge in [0.2, 0.25) is 94.5 Å². The molecule has 140 heavy (non-hydrogen) atoms. The number of amides is 16. The Kier molecular flexibility index (Phi) is 38.2. The number of Topliss-reactive ketones (excluding diaryl/α,β-unsaturated/α-hetero) is 2. The molecule has 6 bridgehead atoms. The van der Waals surface area contributed by atoms with Gasteiger partial charge >= 0.3 is 11.9 Å². The molecule has 8 aliphatic heterocycles. The van der Waals surface area contributed by atoms with Crippen molar-refractivity contribution in [3.63, 3.8) is 0 Å². The fourth-order valence-corrected chi connectivity index (χ4v) is 21.4. The summed E-state index contributed by atoms with van der Waals surface area (Å²) in [5.74, 6) is -20.4. The molecule has 47 heteroatoms. The van der Waals surface area contributed by atoms with Crippen molar-refractivity contribution in [1.29, 1.82) is 0 Å². The van der Waals surface area contributed by atoms with Gasteiger partial charge in [-0.05, 0) is 109 Å². The summed E-state index contributed by atoms with van der Waals surface area (Å²) in [5.41, 5.74) is 9.36. The summed E-state index contributed by atoms with van der Waals surface area (Å²) < 4.78 is 0. The lowest BCUT2D eigenvalue weighted by atomic mass is 9.71. The number of thioether (sulfide) groups is 3. The van der Waals surface area contributed by atoms with Crippen LogP contribution in [0, 0.1) is 22.7 Å². The van der Waals surface area contributed by atoms with E-state index in [2.05, 4.69) is 73.8 Å². The number of likely N-dealkylation sites (N-methyl/N-ethyl adjacent to an activating group) is 1. The number of carbonyl (C=O) groups is 20. The molecule has 0 aliphatic carbocycles. The fourth-order valence-electron chi connectivity index (χ4n) is 18.5. The Balaban J connectivity index is 0.998. The molecule has 16 amide bonds. The number of aliphatic carboxylic acids is 2. The van der Waals surface area contributed by atoms with Crippen LogP contribution in [0.25, 0.3) is 21.8 Å². The van der Waals surface area contributed by atoms with Crippen molar-refractivity contribution in [2.75, 3.05) is 107 Å². The summed E-state index contributed by atoms with van der Waals surface area (Å²) in [6, 6.07) is -5.41. The average molecular weight is 2010 g/mol. The lowest BCUT2D eigenvalue weighted by Crippen LogP contribution is -2.63. The lowest BCUT2D eigenvalue weighted by Gasteiger charge is -2.36. The van der Waals surface area contributed by atoms with Crippen LogP contribution in [0.2, 0.25) is 0 Å². The van der Waals surface area contributed by atoms with Gasteiger partial charge in [-0.3, -0.25) is 106 Å². The third-order valence-corrected chi connectivity index (χ3v) is 30.1. The average Bonchev–Trinajstić information content (AvgIpc) is 1.52. The second-order valence-corrected chi connectivity index (χ2v) is 42.2. The van der Waals surface area contributed by atoms with E-state index >= 15 is 14.4 Å². The maximum atomic E-state index is 15.6. The number of ketones is 2. The number of aromatic nitrogens is 2. The van der Waals surface area contributed by atoms with Crippen molar-refractivity contribution in [1.82, 2.24) is 98.3 Å². The monoisotopic (exact) mass is 2010 g/mol. The molecule has 0 saturated carbocycles. The first-order chi connectivity index (χ1) is 66.1. The van der Waals surface area contributed by atoms with Crippen molar-refractivity contribution in [3.8, 4) is 0 Å². The molecule has 8 saturated heterocycles. The first kappa shape index (κ1) is 110. The van der Waals surface area contributed by atoms with Gasteiger partial charge in [-0.1, -0.05) is 64.1 Å². The second-order valence-electron chi connectivity index (χ2n) is 38.7. The number of nitrogens with zero attached hydrogens (tertiary/aromatic N) is 5. The molecule has 2 spiro atoms. The number of hydrogen-bond donors (Lipinski definition) is 19. The molecule has 10 heterocycles. The summed E-state index contributed by atoms with van der Waals surface area (Å²) in [7, 11) is 1.59. The van der Waals surface area contributed by atoms with Crippen molar-refractivity contribution in [2.24, 2.45) is 34.1 Å². The Bertz CT molecular complexity index is 5300. The zero-order chi connectivity index (χ0) is 103. The Hall–Kier alpha value is -11.8. The number of carboxylic acids is 2. The fraction of sp³-hybridized carbons (Fsp3) is 0.613. The molecule has 8 aliphatic rings. The Labute approximate surface area is 822 Å². The number of benzene rings is 2. The molecule has 21 N–H and O–H groups in total. The molecule has 8 fully saturated rings. The Morgan fingerprint density at radius 3 is 1.54 bits per heavy atom. The minimum atomic E-state index is -2.01. The van der Waals surface area contributed by atoms with Crippen molar-refractivity contribution in [2.45, 2.75) is 230 Å². The highest BCUT2D eigenvalue weighted by molar-refractivity contribution is 7.99. The topological polar surface area (TPSA) is 646 Å². The number of nitrogens with one attached hydrogen (secondary N) is 14. The van der Waals surface area contributed by atoms with Crippen LogP contribution in [0.3, 0.4) is 0 Å². The highest BCUT2D eigenvalue weighted by atomic mass is 32.2. The molecule has 15 atom stereocenters. The molecular formula is C93H133N21O23S3. The number of rotatable bonds is 24. The third kappa shape index (κ3) is 27.9. The molecule has 0 radical (unpaired) electrons. The lowest BCUT2D eigenvalue weighted by molar-refractivity contribution is -0.143. The predicted molar refractivity (Wildman–Crippen MR) is 518 cm³/mol. The summed E-state index contributed by atoms with van der Waals surface area (Å²) in [4.78, 5) is 302. The zero-order valence-corrected chi connectivity index (χ0v) is 83.1. The van der Waals surface area contributed by atoms with Crippen LogP contribution in [0.1, 0.15) is 138 Å². The number of H-pyrrole nitrogens is 2.